The van der Waals surface area contributed by atoms with Crippen molar-refractivity contribution >= 4 is 23.4 Å². The Hall–Kier alpha value is -1.23. The molecule has 94 valence electrons. The molecule has 0 heterocycles. The number of hydrogen-bond acceptors (Lipinski definition) is 3. The number of aromatic carboxylic acids is 1. The Labute approximate surface area is 104 Å². The number of benzene rings is 1. The van der Waals surface area contributed by atoms with Crippen LogP contribution in [0.3, 0.4) is 0 Å². The summed E-state index contributed by atoms with van der Waals surface area (Å²) in [6, 6.07) is 4.03. The molecule has 0 bridgehead atoms. The topological polar surface area (TPSA) is 49.3 Å². The zero-order valence-corrected chi connectivity index (χ0v) is 10.9. The molecule has 5 heteroatoms. The van der Waals surface area contributed by atoms with Gasteiger partial charge in [0.1, 0.15) is 5.82 Å². The molecule has 0 aromatic heterocycles. The lowest BCUT2D eigenvalue weighted by Crippen LogP contribution is -2.27. The quantitative estimate of drug-likeness (QED) is 0.851. The number of hydrogen-bond donors (Lipinski definition) is 2. The van der Waals surface area contributed by atoms with E-state index in [1.807, 2.05) is 20.1 Å². The van der Waals surface area contributed by atoms with Gasteiger partial charge in [-0.25, -0.2) is 9.18 Å². The van der Waals surface area contributed by atoms with Crippen LogP contribution >= 0.6 is 11.8 Å². The molecule has 17 heavy (non-hydrogen) atoms. The zero-order valence-electron chi connectivity index (χ0n) is 10.1. The second kappa shape index (κ2) is 5.40. The van der Waals surface area contributed by atoms with Gasteiger partial charge >= 0.3 is 5.97 Å². The summed E-state index contributed by atoms with van der Waals surface area (Å²) in [5.41, 5.74) is 0.0176. The Morgan fingerprint density at radius 2 is 2.18 bits per heavy atom. The molecule has 0 atom stereocenters. The minimum Gasteiger partial charge on any atom is -0.478 e. The molecule has 1 aromatic rings. The van der Waals surface area contributed by atoms with Crippen molar-refractivity contribution in [1.82, 2.24) is 0 Å². The highest BCUT2D eigenvalue weighted by molar-refractivity contribution is 7.99. The number of anilines is 1. The van der Waals surface area contributed by atoms with Crippen LogP contribution in [0.1, 0.15) is 24.2 Å². The minimum absolute atomic E-state index is 0.0399. The summed E-state index contributed by atoms with van der Waals surface area (Å²) in [5.74, 6) is -1.67. The molecule has 0 unspecified atom stereocenters. The highest BCUT2D eigenvalue weighted by Crippen LogP contribution is 2.25. The maximum Gasteiger partial charge on any atom is 0.337 e. The van der Waals surface area contributed by atoms with Gasteiger partial charge in [-0.3, -0.25) is 0 Å². The van der Waals surface area contributed by atoms with Gasteiger partial charge in [-0.05, 0) is 32.2 Å². The zero-order chi connectivity index (χ0) is 13.1. The summed E-state index contributed by atoms with van der Waals surface area (Å²) in [7, 11) is 0. The standard InChI is InChI=1S/C12H16FNO2S/c1-12(2,17-3)7-14-10-8(11(15)16)5-4-6-9(10)13/h4-6,14H,7H2,1-3H3,(H,15,16). The number of para-hydroxylation sites is 1. The fourth-order valence-electron chi connectivity index (χ4n) is 1.26. The van der Waals surface area contributed by atoms with Gasteiger partial charge in [0.15, 0.2) is 0 Å². The Balaban J connectivity index is 2.94. The van der Waals surface area contributed by atoms with Crippen LogP contribution in [0.25, 0.3) is 0 Å². The lowest BCUT2D eigenvalue weighted by atomic mass is 10.1. The predicted octanol–water partition coefficient (Wildman–Crippen LogP) is 3.08. The van der Waals surface area contributed by atoms with E-state index >= 15 is 0 Å². The predicted molar refractivity (Wildman–Crippen MR) is 69.4 cm³/mol. The molecular formula is C12H16FNO2S. The molecule has 0 radical (unpaired) electrons. The molecule has 1 aromatic carbocycles. The van der Waals surface area contributed by atoms with Crippen LogP contribution in [0.5, 0.6) is 0 Å². The van der Waals surface area contributed by atoms with Crippen LogP contribution in [-0.4, -0.2) is 28.6 Å². The number of carboxylic acids is 1. The third-order valence-electron chi connectivity index (χ3n) is 2.49. The second-order valence-corrected chi connectivity index (χ2v) is 5.80. The maximum absolute atomic E-state index is 13.6. The van der Waals surface area contributed by atoms with E-state index in [2.05, 4.69) is 5.32 Å². The fraction of sp³-hybridized carbons (Fsp3) is 0.417. The van der Waals surface area contributed by atoms with Crippen molar-refractivity contribution in [1.29, 1.82) is 0 Å². The van der Waals surface area contributed by atoms with Gasteiger partial charge in [-0.1, -0.05) is 6.07 Å². The van der Waals surface area contributed by atoms with E-state index in [1.54, 1.807) is 11.8 Å². The number of rotatable bonds is 5. The molecule has 0 spiro atoms. The smallest absolute Gasteiger partial charge is 0.337 e. The molecule has 2 N–H and O–H groups in total. The summed E-state index contributed by atoms with van der Waals surface area (Å²) < 4.78 is 13.5. The van der Waals surface area contributed by atoms with Crippen LogP contribution in [-0.2, 0) is 0 Å². The first-order valence-electron chi connectivity index (χ1n) is 5.18. The van der Waals surface area contributed by atoms with Crippen molar-refractivity contribution in [3.05, 3.63) is 29.6 Å². The first kappa shape index (κ1) is 13.8. The monoisotopic (exact) mass is 257 g/mol. The number of halogens is 1. The average Bonchev–Trinajstić information content (AvgIpc) is 2.27. The van der Waals surface area contributed by atoms with Crippen molar-refractivity contribution in [3.63, 3.8) is 0 Å². The summed E-state index contributed by atoms with van der Waals surface area (Å²) in [4.78, 5) is 11.0. The van der Waals surface area contributed by atoms with Gasteiger partial charge in [0.2, 0.25) is 0 Å². The molecule has 3 nitrogen and oxygen atoms in total. The van der Waals surface area contributed by atoms with E-state index in [-0.39, 0.29) is 16.0 Å². The highest BCUT2D eigenvalue weighted by atomic mass is 32.2. The molecule has 0 aliphatic carbocycles. The van der Waals surface area contributed by atoms with Gasteiger partial charge in [0.25, 0.3) is 0 Å². The molecule has 1 rings (SSSR count). The van der Waals surface area contributed by atoms with Crippen molar-refractivity contribution in [2.45, 2.75) is 18.6 Å². The van der Waals surface area contributed by atoms with E-state index in [9.17, 15) is 9.18 Å². The highest BCUT2D eigenvalue weighted by Gasteiger charge is 2.19. The van der Waals surface area contributed by atoms with E-state index < -0.39 is 11.8 Å². The number of carbonyl (C=O) groups is 1. The lowest BCUT2D eigenvalue weighted by molar-refractivity contribution is 0.0697. The Morgan fingerprint density at radius 3 is 2.71 bits per heavy atom. The van der Waals surface area contributed by atoms with Crippen LogP contribution in [0, 0.1) is 5.82 Å². The first-order chi connectivity index (χ1) is 7.87. The summed E-state index contributed by atoms with van der Waals surface area (Å²) in [6.45, 7) is 4.51. The fourth-order valence-corrected chi connectivity index (χ4v) is 1.47. The summed E-state index contributed by atoms with van der Waals surface area (Å²) in [5, 5.41) is 11.8. The molecule has 0 amide bonds. The van der Waals surface area contributed by atoms with Gasteiger partial charge in [-0.2, -0.15) is 11.8 Å². The minimum atomic E-state index is -1.13. The molecular weight excluding hydrogens is 241 g/mol. The van der Waals surface area contributed by atoms with Crippen molar-refractivity contribution in [3.8, 4) is 0 Å². The van der Waals surface area contributed by atoms with Crippen molar-refractivity contribution in [2.75, 3.05) is 18.1 Å². The van der Waals surface area contributed by atoms with Crippen molar-refractivity contribution < 1.29 is 14.3 Å². The van der Waals surface area contributed by atoms with Crippen LogP contribution in [0.4, 0.5) is 10.1 Å². The van der Waals surface area contributed by atoms with Crippen LogP contribution in [0.2, 0.25) is 0 Å². The Bertz CT molecular complexity index is 421. The van der Waals surface area contributed by atoms with E-state index in [1.165, 1.54) is 18.2 Å². The van der Waals surface area contributed by atoms with Crippen molar-refractivity contribution in [2.24, 2.45) is 0 Å². The maximum atomic E-state index is 13.6. The van der Waals surface area contributed by atoms with Gasteiger partial charge in [-0.15, -0.1) is 0 Å². The molecule has 0 saturated heterocycles. The van der Waals surface area contributed by atoms with Gasteiger partial charge in [0.05, 0.1) is 11.3 Å². The largest absolute Gasteiger partial charge is 0.478 e. The second-order valence-electron chi connectivity index (χ2n) is 4.28. The van der Waals surface area contributed by atoms with Gasteiger partial charge in [0, 0.05) is 11.3 Å². The Morgan fingerprint density at radius 1 is 1.53 bits per heavy atom. The van der Waals surface area contributed by atoms with Crippen LogP contribution in [0.15, 0.2) is 18.2 Å². The third-order valence-corrected chi connectivity index (χ3v) is 3.74. The van der Waals surface area contributed by atoms with E-state index in [0.29, 0.717) is 6.54 Å². The average molecular weight is 257 g/mol. The van der Waals surface area contributed by atoms with E-state index in [0.717, 1.165) is 0 Å². The Kier molecular flexibility index (Phi) is 4.40. The first-order valence-corrected chi connectivity index (χ1v) is 6.40. The third kappa shape index (κ3) is 3.63. The van der Waals surface area contributed by atoms with Crippen LogP contribution < -0.4 is 5.32 Å². The van der Waals surface area contributed by atoms with E-state index in [4.69, 9.17) is 5.11 Å². The van der Waals surface area contributed by atoms with Gasteiger partial charge < -0.3 is 10.4 Å². The summed E-state index contributed by atoms with van der Waals surface area (Å²) >= 11 is 1.63. The number of carboxylic acid groups (broad SMARTS) is 1. The molecule has 0 fully saturated rings. The molecule has 0 aliphatic heterocycles. The number of nitrogens with one attached hydrogen (secondary N) is 1. The normalized spacial score (nSPS) is 11.3. The molecule has 0 saturated carbocycles. The lowest BCUT2D eigenvalue weighted by Gasteiger charge is -2.23. The summed E-state index contributed by atoms with van der Waals surface area (Å²) in [6.07, 6.45) is 1.96. The number of thioether (sulfide) groups is 1. The SMILES string of the molecule is CSC(C)(C)CNc1c(F)cccc1C(=O)O. The molecule has 0 aliphatic rings.